The Morgan fingerprint density at radius 3 is 2.00 bits per heavy atom. The fraction of sp³-hybridized carbons (Fsp3) is 0. The molecule has 2 N–H and O–H groups in total. The highest BCUT2D eigenvalue weighted by atomic mass is 79.9. The molecule has 3 aromatic carbocycles. The molecule has 0 saturated heterocycles. The van der Waals surface area contributed by atoms with Crippen molar-refractivity contribution in [2.75, 3.05) is 10.6 Å². The Kier molecular flexibility index (Phi) is 5.75. The van der Waals surface area contributed by atoms with Gasteiger partial charge in [0, 0.05) is 14.6 Å². The molecule has 0 fully saturated rings. The maximum Gasteiger partial charge on any atom is 0.258 e. The Morgan fingerprint density at radius 1 is 0.793 bits per heavy atom. The van der Waals surface area contributed by atoms with Crippen LogP contribution in [0.5, 0.6) is 0 Å². The highest BCUT2D eigenvalue weighted by Gasteiger charge is 2.14. The lowest BCUT2D eigenvalue weighted by molar-refractivity contribution is 0.101. The molecule has 0 aliphatic rings. The minimum absolute atomic E-state index is 0.205. The number of halogens is 2. The third-order valence-corrected chi connectivity index (χ3v) is 6.42. The maximum absolute atomic E-state index is 12.5. The predicted octanol–water partition coefficient (Wildman–Crippen LogP) is 6.33. The predicted molar refractivity (Wildman–Crippen MR) is 124 cm³/mol. The number of amides is 2. The van der Waals surface area contributed by atoms with Crippen LogP contribution in [0.2, 0.25) is 0 Å². The molecule has 4 rings (SSSR count). The second-order valence-corrected chi connectivity index (χ2v) is 8.81. The molecule has 8 heteroatoms. The SMILES string of the molecule is O=C(Nc1ccc2nc(NC(=O)c3ccccc3Br)sc2c1)c1ccccc1Br. The number of carbonyl (C=O) groups is 2. The number of thiazole rings is 1. The molecule has 0 bridgehead atoms. The molecule has 0 aliphatic heterocycles. The molecule has 144 valence electrons. The summed E-state index contributed by atoms with van der Waals surface area (Å²) in [4.78, 5) is 29.4. The number of hydrogen-bond donors (Lipinski definition) is 2. The zero-order valence-electron chi connectivity index (χ0n) is 14.8. The first-order chi connectivity index (χ1) is 14.0. The fourth-order valence-corrected chi connectivity index (χ4v) is 4.54. The average Bonchev–Trinajstić information content (AvgIpc) is 3.10. The van der Waals surface area contributed by atoms with Gasteiger partial charge in [0.1, 0.15) is 0 Å². The summed E-state index contributed by atoms with van der Waals surface area (Å²) in [5.41, 5.74) is 2.49. The number of aromatic nitrogens is 1. The van der Waals surface area contributed by atoms with E-state index in [2.05, 4.69) is 47.5 Å². The Hall–Kier alpha value is -2.55. The highest BCUT2D eigenvalue weighted by molar-refractivity contribution is 9.10. The largest absolute Gasteiger partial charge is 0.322 e. The van der Waals surface area contributed by atoms with Crippen LogP contribution in [0.4, 0.5) is 10.8 Å². The van der Waals surface area contributed by atoms with Crippen molar-refractivity contribution in [3.05, 3.63) is 86.8 Å². The van der Waals surface area contributed by atoms with Gasteiger partial charge in [0.2, 0.25) is 0 Å². The smallest absolute Gasteiger partial charge is 0.258 e. The van der Waals surface area contributed by atoms with Crippen LogP contribution in [-0.4, -0.2) is 16.8 Å². The van der Waals surface area contributed by atoms with E-state index in [0.717, 1.165) is 19.2 Å². The molecular formula is C21H13Br2N3O2S. The van der Waals surface area contributed by atoms with E-state index in [1.807, 2.05) is 42.5 Å². The molecule has 1 heterocycles. The van der Waals surface area contributed by atoms with E-state index < -0.39 is 0 Å². The van der Waals surface area contributed by atoms with Crippen molar-refractivity contribution in [2.24, 2.45) is 0 Å². The molecular weight excluding hydrogens is 518 g/mol. The van der Waals surface area contributed by atoms with Gasteiger partial charge >= 0.3 is 0 Å². The van der Waals surface area contributed by atoms with Crippen molar-refractivity contribution in [3.8, 4) is 0 Å². The quantitative estimate of drug-likeness (QED) is 0.324. The lowest BCUT2D eigenvalue weighted by Crippen LogP contribution is -2.12. The number of fused-ring (bicyclic) bond motifs is 1. The van der Waals surface area contributed by atoms with Gasteiger partial charge in [-0.15, -0.1) is 0 Å². The van der Waals surface area contributed by atoms with Gasteiger partial charge in [-0.25, -0.2) is 4.98 Å². The molecule has 0 radical (unpaired) electrons. The summed E-state index contributed by atoms with van der Waals surface area (Å²) in [5.74, 6) is -0.442. The summed E-state index contributed by atoms with van der Waals surface area (Å²) in [5, 5.41) is 6.21. The second kappa shape index (κ2) is 8.44. The van der Waals surface area contributed by atoms with Gasteiger partial charge in [-0.05, 0) is 74.3 Å². The molecule has 0 unspecified atom stereocenters. The van der Waals surface area contributed by atoms with E-state index >= 15 is 0 Å². The minimum Gasteiger partial charge on any atom is -0.322 e. The molecule has 5 nitrogen and oxygen atoms in total. The van der Waals surface area contributed by atoms with E-state index in [-0.39, 0.29) is 11.8 Å². The Morgan fingerprint density at radius 2 is 1.38 bits per heavy atom. The standard InChI is InChI=1S/C21H13Br2N3O2S/c22-15-7-3-1-5-13(15)19(27)24-12-9-10-17-18(11-12)29-21(25-17)26-20(28)14-6-2-4-8-16(14)23/h1-11H,(H,24,27)(H,25,26,28). The molecule has 0 atom stereocenters. The van der Waals surface area contributed by atoms with Crippen LogP contribution < -0.4 is 10.6 Å². The van der Waals surface area contributed by atoms with Crippen LogP contribution in [0.25, 0.3) is 10.2 Å². The van der Waals surface area contributed by atoms with Crippen LogP contribution in [-0.2, 0) is 0 Å². The third kappa shape index (κ3) is 4.39. The van der Waals surface area contributed by atoms with Crippen LogP contribution >= 0.6 is 43.2 Å². The van der Waals surface area contributed by atoms with Crippen molar-refractivity contribution in [2.45, 2.75) is 0 Å². The first-order valence-electron chi connectivity index (χ1n) is 8.53. The Bertz CT molecular complexity index is 1180. The zero-order chi connectivity index (χ0) is 20.4. The summed E-state index contributed by atoms with van der Waals surface area (Å²) in [6.45, 7) is 0. The van der Waals surface area contributed by atoms with Crippen molar-refractivity contribution in [1.82, 2.24) is 4.98 Å². The lowest BCUT2D eigenvalue weighted by Gasteiger charge is -2.06. The molecule has 2 amide bonds. The number of carbonyl (C=O) groups excluding carboxylic acids is 2. The number of nitrogens with one attached hydrogen (secondary N) is 2. The van der Waals surface area contributed by atoms with E-state index in [1.165, 1.54) is 11.3 Å². The molecule has 0 spiro atoms. The van der Waals surface area contributed by atoms with Gasteiger partial charge in [-0.2, -0.15) is 0 Å². The van der Waals surface area contributed by atoms with Gasteiger partial charge < -0.3 is 5.32 Å². The summed E-state index contributed by atoms with van der Waals surface area (Å²) in [6, 6.07) is 19.9. The average molecular weight is 531 g/mol. The van der Waals surface area contributed by atoms with Gasteiger partial charge in [0.15, 0.2) is 5.13 Å². The fourth-order valence-electron chi connectivity index (χ4n) is 2.71. The topological polar surface area (TPSA) is 71.1 Å². The molecule has 0 aliphatic carbocycles. The van der Waals surface area contributed by atoms with Gasteiger partial charge in [-0.3, -0.25) is 14.9 Å². The normalized spacial score (nSPS) is 10.7. The number of hydrogen-bond acceptors (Lipinski definition) is 4. The maximum atomic E-state index is 12.5. The lowest BCUT2D eigenvalue weighted by atomic mass is 10.2. The van der Waals surface area contributed by atoms with E-state index in [4.69, 9.17) is 0 Å². The highest BCUT2D eigenvalue weighted by Crippen LogP contribution is 2.29. The minimum atomic E-state index is -0.237. The number of nitrogens with zero attached hydrogens (tertiary/aromatic N) is 1. The number of rotatable bonds is 4. The van der Waals surface area contributed by atoms with E-state index in [1.54, 1.807) is 24.3 Å². The first kappa shape index (κ1) is 19.8. The third-order valence-electron chi connectivity index (χ3n) is 4.10. The molecule has 29 heavy (non-hydrogen) atoms. The Balaban J connectivity index is 1.53. The van der Waals surface area contributed by atoms with Crippen molar-refractivity contribution in [3.63, 3.8) is 0 Å². The van der Waals surface area contributed by atoms with Gasteiger partial charge in [-0.1, -0.05) is 35.6 Å². The van der Waals surface area contributed by atoms with Crippen molar-refractivity contribution in [1.29, 1.82) is 0 Å². The Labute approximate surface area is 187 Å². The molecule has 4 aromatic rings. The first-order valence-corrected chi connectivity index (χ1v) is 10.9. The second-order valence-electron chi connectivity index (χ2n) is 6.07. The monoisotopic (exact) mass is 529 g/mol. The van der Waals surface area contributed by atoms with Gasteiger partial charge in [0.25, 0.3) is 11.8 Å². The number of anilines is 2. The summed E-state index contributed by atoms with van der Waals surface area (Å²) >= 11 is 8.12. The summed E-state index contributed by atoms with van der Waals surface area (Å²) < 4.78 is 2.31. The van der Waals surface area contributed by atoms with Crippen LogP contribution in [0, 0.1) is 0 Å². The molecule has 1 aromatic heterocycles. The zero-order valence-corrected chi connectivity index (χ0v) is 18.8. The van der Waals surface area contributed by atoms with Crippen molar-refractivity contribution >= 4 is 76.0 Å². The molecule has 0 saturated carbocycles. The van der Waals surface area contributed by atoms with Crippen LogP contribution in [0.3, 0.4) is 0 Å². The van der Waals surface area contributed by atoms with Crippen molar-refractivity contribution < 1.29 is 9.59 Å². The van der Waals surface area contributed by atoms with E-state index in [9.17, 15) is 9.59 Å². The van der Waals surface area contributed by atoms with Crippen LogP contribution in [0.1, 0.15) is 20.7 Å². The summed E-state index contributed by atoms with van der Waals surface area (Å²) in [6.07, 6.45) is 0. The van der Waals surface area contributed by atoms with Gasteiger partial charge in [0.05, 0.1) is 21.3 Å². The number of benzene rings is 3. The summed E-state index contributed by atoms with van der Waals surface area (Å²) in [7, 11) is 0. The van der Waals surface area contributed by atoms with E-state index in [0.29, 0.717) is 21.9 Å². The van der Waals surface area contributed by atoms with Crippen LogP contribution in [0.15, 0.2) is 75.7 Å².